The molecule has 0 bridgehead atoms. The summed E-state index contributed by atoms with van der Waals surface area (Å²) in [6.45, 7) is 0.332. The summed E-state index contributed by atoms with van der Waals surface area (Å²) in [5.74, 6) is 0. The Morgan fingerprint density at radius 3 is 2.39 bits per heavy atom. The van der Waals surface area contributed by atoms with Crippen molar-refractivity contribution in [1.82, 2.24) is 4.73 Å². The van der Waals surface area contributed by atoms with Crippen LogP contribution < -0.4 is 5.36 Å². The van der Waals surface area contributed by atoms with Gasteiger partial charge in [0.1, 0.15) is 0 Å². The standard InChI is InChI=1S/C19H16N2O2/c22-12-11-20-18-15-7-3-4-8-17(15)21(23)19-14-6-2-1-5-13(14)9-10-16(18)19/h1-10,22-23H,11-12H2. The minimum Gasteiger partial charge on any atom is -0.428 e. The number of aliphatic hydroxyl groups is 1. The fourth-order valence-electron chi connectivity index (χ4n) is 3.13. The van der Waals surface area contributed by atoms with Gasteiger partial charge in [0.2, 0.25) is 0 Å². The van der Waals surface area contributed by atoms with Crippen LogP contribution in [0.4, 0.5) is 0 Å². The van der Waals surface area contributed by atoms with Crippen molar-refractivity contribution in [2.75, 3.05) is 13.2 Å². The van der Waals surface area contributed by atoms with E-state index >= 15 is 0 Å². The molecule has 0 fully saturated rings. The van der Waals surface area contributed by atoms with Gasteiger partial charge in [0, 0.05) is 16.2 Å². The summed E-state index contributed by atoms with van der Waals surface area (Å²) in [6.07, 6.45) is 0. The molecule has 1 heterocycles. The summed E-state index contributed by atoms with van der Waals surface area (Å²) in [7, 11) is 0. The maximum absolute atomic E-state index is 10.8. The van der Waals surface area contributed by atoms with E-state index in [2.05, 4.69) is 4.99 Å². The molecule has 4 heteroatoms. The molecule has 0 amide bonds. The second-order valence-corrected chi connectivity index (χ2v) is 5.47. The van der Waals surface area contributed by atoms with Gasteiger partial charge in [-0.1, -0.05) is 48.5 Å². The van der Waals surface area contributed by atoms with Crippen LogP contribution in [0.2, 0.25) is 0 Å². The molecule has 0 radical (unpaired) electrons. The van der Waals surface area contributed by atoms with Crippen molar-refractivity contribution >= 4 is 32.6 Å². The molecule has 23 heavy (non-hydrogen) atoms. The van der Waals surface area contributed by atoms with E-state index in [1.165, 1.54) is 4.73 Å². The van der Waals surface area contributed by atoms with Gasteiger partial charge in [0.25, 0.3) is 0 Å². The molecule has 0 saturated carbocycles. The van der Waals surface area contributed by atoms with Crippen LogP contribution in [0.3, 0.4) is 0 Å². The smallest absolute Gasteiger partial charge is 0.0972 e. The van der Waals surface area contributed by atoms with Crippen LogP contribution in [0.25, 0.3) is 32.6 Å². The Labute approximate surface area is 132 Å². The Morgan fingerprint density at radius 1 is 0.826 bits per heavy atom. The first-order valence-electron chi connectivity index (χ1n) is 7.57. The maximum atomic E-state index is 10.8. The molecule has 0 spiro atoms. The predicted octanol–water partition coefficient (Wildman–Crippen LogP) is 3.08. The summed E-state index contributed by atoms with van der Waals surface area (Å²) in [4.78, 5) is 4.55. The number of nitrogens with zero attached hydrogens (tertiary/aromatic N) is 2. The van der Waals surface area contributed by atoms with Gasteiger partial charge in [-0.2, -0.15) is 4.73 Å². The predicted molar refractivity (Wildman–Crippen MR) is 91.7 cm³/mol. The maximum Gasteiger partial charge on any atom is 0.0972 e. The lowest BCUT2D eigenvalue weighted by Crippen LogP contribution is -2.13. The largest absolute Gasteiger partial charge is 0.428 e. The molecule has 3 aromatic carbocycles. The number of rotatable bonds is 2. The zero-order chi connectivity index (χ0) is 15.8. The van der Waals surface area contributed by atoms with E-state index in [1.54, 1.807) is 0 Å². The van der Waals surface area contributed by atoms with Crippen LogP contribution in [0.5, 0.6) is 0 Å². The molecule has 114 valence electrons. The molecule has 0 atom stereocenters. The number of aliphatic hydroxyl groups excluding tert-OH is 1. The number of benzene rings is 3. The molecule has 4 rings (SSSR count). The molecule has 0 aliphatic rings. The van der Waals surface area contributed by atoms with Gasteiger partial charge in [0.15, 0.2) is 0 Å². The number of para-hydroxylation sites is 1. The Kier molecular flexibility index (Phi) is 3.24. The van der Waals surface area contributed by atoms with Gasteiger partial charge in [0.05, 0.1) is 29.5 Å². The topological polar surface area (TPSA) is 57.8 Å². The van der Waals surface area contributed by atoms with E-state index in [1.807, 2.05) is 60.7 Å². The summed E-state index contributed by atoms with van der Waals surface area (Å²) in [6, 6.07) is 19.6. The lowest BCUT2D eigenvalue weighted by Gasteiger charge is -2.12. The third-order valence-corrected chi connectivity index (χ3v) is 4.12. The Hall–Kier alpha value is -2.85. The van der Waals surface area contributed by atoms with Crippen molar-refractivity contribution in [3.63, 3.8) is 0 Å². The molecular weight excluding hydrogens is 288 g/mol. The highest BCUT2D eigenvalue weighted by molar-refractivity contribution is 6.08. The second kappa shape index (κ2) is 5.41. The van der Waals surface area contributed by atoms with E-state index in [0.29, 0.717) is 12.1 Å². The van der Waals surface area contributed by atoms with Crippen molar-refractivity contribution in [2.45, 2.75) is 0 Å². The molecule has 0 unspecified atom stereocenters. The molecule has 2 N–H and O–H groups in total. The van der Waals surface area contributed by atoms with Crippen LogP contribution in [0.15, 0.2) is 65.7 Å². The van der Waals surface area contributed by atoms with Crippen LogP contribution in [-0.2, 0) is 0 Å². The lowest BCUT2D eigenvalue weighted by atomic mass is 10.0. The van der Waals surface area contributed by atoms with E-state index < -0.39 is 0 Å². The zero-order valence-electron chi connectivity index (χ0n) is 12.5. The number of pyridine rings is 1. The molecular formula is C19H16N2O2. The minimum atomic E-state index is -0.00256. The molecule has 0 aliphatic carbocycles. The van der Waals surface area contributed by atoms with Crippen LogP contribution >= 0.6 is 0 Å². The summed E-state index contributed by atoms with van der Waals surface area (Å²) >= 11 is 0. The fourth-order valence-corrected chi connectivity index (χ4v) is 3.13. The summed E-state index contributed by atoms with van der Waals surface area (Å²) in [5.41, 5.74) is 1.44. The number of aromatic nitrogens is 1. The quantitative estimate of drug-likeness (QED) is 0.340. The monoisotopic (exact) mass is 304 g/mol. The minimum absolute atomic E-state index is 0.00256. The summed E-state index contributed by atoms with van der Waals surface area (Å²) in [5, 5.41) is 24.5. The molecule has 4 aromatic rings. The Bertz CT molecular complexity index is 1100. The van der Waals surface area contributed by atoms with E-state index in [-0.39, 0.29) is 6.61 Å². The van der Waals surface area contributed by atoms with Crippen LogP contribution in [0.1, 0.15) is 0 Å². The molecule has 4 nitrogen and oxygen atoms in total. The van der Waals surface area contributed by atoms with Gasteiger partial charge in [-0.05, 0) is 17.5 Å². The van der Waals surface area contributed by atoms with Crippen molar-refractivity contribution < 1.29 is 10.3 Å². The third kappa shape index (κ3) is 2.07. The Balaban J connectivity index is 2.32. The van der Waals surface area contributed by atoms with E-state index in [9.17, 15) is 5.21 Å². The summed E-state index contributed by atoms with van der Waals surface area (Å²) < 4.78 is 1.24. The van der Waals surface area contributed by atoms with Gasteiger partial charge in [-0.25, -0.2) is 0 Å². The van der Waals surface area contributed by atoms with Crippen molar-refractivity contribution in [3.8, 4) is 0 Å². The van der Waals surface area contributed by atoms with Crippen molar-refractivity contribution in [3.05, 3.63) is 66.0 Å². The van der Waals surface area contributed by atoms with Gasteiger partial charge in [-0.3, -0.25) is 4.99 Å². The second-order valence-electron chi connectivity index (χ2n) is 5.47. The average Bonchev–Trinajstić information content (AvgIpc) is 2.61. The molecule has 1 aromatic heterocycles. The average molecular weight is 304 g/mol. The SMILES string of the molecule is OCCN=c1c2ccccc2n(O)c2c1ccc1ccccc12. The lowest BCUT2D eigenvalue weighted by molar-refractivity contribution is 0.212. The highest BCUT2D eigenvalue weighted by Gasteiger charge is 2.11. The van der Waals surface area contributed by atoms with Crippen LogP contribution in [0, 0.1) is 0 Å². The third-order valence-electron chi connectivity index (χ3n) is 4.12. The van der Waals surface area contributed by atoms with Gasteiger partial charge >= 0.3 is 0 Å². The first-order chi connectivity index (χ1) is 11.3. The molecule has 0 saturated heterocycles. The normalized spacial score (nSPS) is 12.5. The highest BCUT2D eigenvalue weighted by atomic mass is 16.5. The van der Waals surface area contributed by atoms with Gasteiger partial charge < -0.3 is 10.3 Å². The fraction of sp³-hybridized carbons (Fsp3) is 0.105. The first kappa shape index (κ1) is 13.8. The van der Waals surface area contributed by atoms with Crippen molar-refractivity contribution in [2.24, 2.45) is 4.99 Å². The first-order valence-corrected chi connectivity index (χ1v) is 7.57. The van der Waals surface area contributed by atoms with Crippen LogP contribution in [-0.4, -0.2) is 28.2 Å². The van der Waals surface area contributed by atoms with E-state index in [0.717, 1.165) is 32.4 Å². The Morgan fingerprint density at radius 2 is 1.57 bits per heavy atom. The number of fused-ring (bicyclic) bond motifs is 4. The number of hydrogen-bond acceptors (Lipinski definition) is 3. The number of hydrogen-bond donors (Lipinski definition) is 2. The highest BCUT2D eigenvalue weighted by Crippen LogP contribution is 2.26. The zero-order valence-corrected chi connectivity index (χ0v) is 12.5. The van der Waals surface area contributed by atoms with E-state index in [4.69, 9.17) is 5.11 Å². The molecule has 0 aliphatic heterocycles. The van der Waals surface area contributed by atoms with Gasteiger partial charge in [-0.15, -0.1) is 0 Å². The van der Waals surface area contributed by atoms with Crippen molar-refractivity contribution in [1.29, 1.82) is 0 Å².